The highest BCUT2D eigenvalue weighted by molar-refractivity contribution is 5.41. The Labute approximate surface area is 91.6 Å². The average molecular weight is 234 g/mol. The van der Waals surface area contributed by atoms with Gasteiger partial charge in [-0.1, -0.05) is 6.92 Å². The summed E-state index contributed by atoms with van der Waals surface area (Å²) in [6.45, 7) is 1.49. The van der Waals surface area contributed by atoms with Gasteiger partial charge in [0.25, 0.3) is 0 Å². The molecule has 0 aliphatic carbocycles. The Morgan fingerprint density at radius 1 is 1.38 bits per heavy atom. The summed E-state index contributed by atoms with van der Waals surface area (Å²) in [4.78, 5) is 3.75. The number of aromatic nitrogens is 1. The highest BCUT2D eigenvalue weighted by Gasteiger charge is 2.28. The van der Waals surface area contributed by atoms with Crippen molar-refractivity contribution < 1.29 is 17.9 Å². The summed E-state index contributed by atoms with van der Waals surface area (Å²) < 4.78 is 39.9. The van der Waals surface area contributed by atoms with Crippen molar-refractivity contribution in [3.8, 4) is 5.88 Å². The Bertz CT molecular complexity index is 311. The standard InChI is InChI=1S/C10H13F3N2O/c1-2-5-14-8-3-4-9(15-6-8)16-7-10(11,12)13/h3-4,6,14H,2,5,7H2,1H3. The summed E-state index contributed by atoms with van der Waals surface area (Å²) in [7, 11) is 0. The molecule has 1 aromatic rings. The van der Waals surface area contributed by atoms with E-state index in [9.17, 15) is 13.2 Å². The molecule has 6 heteroatoms. The van der Waals surface area contributed by atoms with Gasteiger partial charge in [-0.3, -0.25) is 0 Å². The lowest BCUT2D eigenvalue weighted by Crippen LogP contribution is -2.19. The Balaban J connectivity index is 2.45. The molecule has 0 aliphatic rings. The van der Waals surface area contributed by atoms with Crippen LogP contribution in [0.15, 0.2) is 18.3 Å². The van der Waals surface area contributed by atoms with E-state index >= 15 is 0 Å². The van der Waals surface area contributed by atoms with Crippen LogP contribution in [0.25, 0.3) is 0 Å². The third-order valence-corrected chi connectivity index (χ3v) is 1.70. The number of anilines is 1. The van der Waals surface area contributed by atoms with Crippen molar-refractivity contribution in [2.75, 3.05) is 18.5 Å². The normalized spacial score (nSPS) is 11.2. The van der Waals surface area contributed by atoms with E-state index in [1.54, 1.807) is 6.07 Å². The Hall–Kier alpha value is -1.46. The number of nitrogens with zero attached hydrogens (tertiary/aromatic N) is 1. The van der Waals surface area contributed by atoms with Crippen LogP contribution in [0.5, 0.6) is 5.88 Å². The van der Waals surface area contributed by atoms with E-state index in [1.807, 2.05) is 6.92 Å². The fourth-order valence-corrected chi connectivity index (χ4v) is 0.995. The third kappa shape index (κ3) is 4.86. The van der Waals surface area contributed by atoms with Gasteiger partial charge in [-0.15, -0.1) is 0 Å². The molecule has 0 fully saturated rings. The molecule has 0 saturated carbocycles. The zero-order chi connectivity index (χ0) is 12.0. The number of nitrogens with one attached hydrogen (secondary N) is 1. The van der Waals surface area contributed by atoms with Crippen LogP contribution >= 0.6 is 0 Å². The number of alkyl halides is 3. The maximum Gasteiger partial charge on any atom is 0.422 e. The molecule has 0 aromatic carbocycles. The van der Waals surface area contributed by atoms with Crippen molar-refractivity contribution in [2.45, 2.75) is 19.5 Å². The van der Waals surface area contributed by atoms with Gasteiger partial charge in [0.2, 0.25) is 5.88 Å². The van der Waals surface area contributed by atoms with Gasteiger partial charge in [0.05, 0.1) is 11.9 Å². The summed E-state index contributed by atoms with van der Waals surface area (Å²) >= 11 is 0. The van der Waals surface area contributed by atoms with Crippen LogP contribution in [-0.4, -0.2) is 24.3 Å². The van der Waals surface area contributed by atoms with Crippen molar-refractivity contribution in [3.05, 3.63) is 18.3 Å². The highest BCUT2D eigenvalue weighted by Crippen LogP contribution is 2.17. The fraction of sp³-hybridized carbons (Fsp3) is 0.500. The van der Waals surface area contributed by atoms with Crippen molar-refractivity contribution in [3.63, 3.8) is 0 Å². The zero-order valence-corrected chi connectivity index (χ0v) is 8.84. The van der Waals surface area contributed by atoms with Crippen LogP contribution in [0.4, 0.5) is 18.9 Å². The van der Waals surface area contributed by atoms with Gasteiger partial charge in [-0.2, -0.15) is 13.2 Å². The van der Waals surface area contributed by atoms with Gasteiger partial charge in [0.15, 0.2) is 6.61 Å². The predicted molar refractivity (Wildman–Crippen MR) is 54.6 cm³/mol. The molecule has 0 spiro atoms. The molecule has 1 heterocycles. The maximum atomic E-state index is 11.8. The number of rotatable bonds is 5. The molecule has 16 heavy (non-hydrogen) atoms. The molecule has 1 aromatic heterocycles. The maximum absolute atomic E-state index is 11.8. The van der Waals surface area contributed by atoms with E-state index < -0.39 is 12.8 Å². The second-order valence-electron chi connectivity index (χ2n) is 3.22. The second kappa shape index (κ2) is 5.58. The Kier molecular flexibility index (Phi) is 4.39. The molecule has 0 radical (unpaired) electrons. The van der Waals surface area contributed by atoms with Gasteiger partial charge in [-0.25, -0.2) is 4.98 Å². The van der Waals surface area contributed by atoms with E-state index in [0.29, 0.717) is 0 Å². The first kappa shape index (κ1) is 12.6. The number of hydrogen-bond acceptors (Lipinski definition) is 3. The van der Waals surface area contributed by atoms with Crippen LogP contribution < -0.4 is 10.1 Å². The molecule has 0 bridgehead atoms. The lowest BCUT2D eigenvalue weighted by molar-refractivity contribution is -0.154. The summed E-state index contributed by atoms with van der Waals surface area (Å²) in [5, 5.41) is 3.05. The third-order valence-electron chi connectivity index (χ3n) is 1.70. The van der Waals surface area contributed by atoms with E-state index in [1.165, 1.54) is 12.3 Å². The van der Waals surface area contributed by atoms with E-state index in [2.05, 4.69) is 15.0 Å². The monoisotopic (exact) mass is 234 g/mol. The number of halogens is 3. The zero-order valence-electron chi connectivity index (χ0n) is 8.84. The summed E-state index contributed by atoms with van der Waals surface area (Å²) in [5.74, 6) is -0.0284. The van der Waals surface area contributed by atoms with E-state index in [-0.39, 0.29) is 5.88 Å². The number of pyridine rings is 1. The SMILES string of the molecule is CCCNc1ccc(OCC(F)(F)F)nc1. The molecule has 0 aliphatic heterocycles. The van der Waals surface area contributed by atoms with Crippen molar-refractivity contribution >= 4 is 5.69 Å². The first-order valence-electron chi connectivity index (χ1n) is 4.91. The summed E-state index contributed by atoms with van der Waals surface area (Å²) in [5.41, 5.74) is 0.765. The van der Waals surface area contributed by atoms with Crippen molar-refractivity contribution in [1.29, 1.82) is 0 Å². The first-order chi connectivity index (χ1) is 7.51. The average Bonchev–Trinajstić information content (AvgIpc) is 2.24. The van der Waals surface area contributed by atoms with Gasteiger partial charge in [0.1, 0.15) is 0 Å². The molecule has 0 unspecified atom stereocenters. The van der Waals surface area contributed by atoms with Crippen LogP contribution in [0.1, 0.15) is 13.3 Å². The second-order valence-corrected chi connectivity index (χ2v) is 3.22. The molecule has 1 rings (SSSR count). The van der Waals surface area contributed by atoms with E-state index in [0.717, 1.165) is 18.7 Å². The van der Waals surface area contributed by atoms with Gasteiger partial charge in [0, 0.05) is 12.6 Å². The van der Waals surface area contributed by atoms with Crippen molar-refractivity contribution in [2.24, 2.45) is 0 Å². The minimum atomic E-state index is -4.33. The Morgan fingerprint density at radius 2 is 2.12 bits per heavy atom. The molecule has 3 nitrogen and oxygen atoms in total. The smallest absolute Gasteiger partial charge is 0.422 e. The number of hydrogen-bond donors (Lipinski definition) is 1. The topological polar surface area (TPSA) is 34.1 Å². The minimum Gasteiger partial charge on any atom is -0.468 e. The quantitative estimate of drug-likeness (QED) is 0.850. The minimum absolute atomic E-state index is 0.0284. The lowest BCUT2D eigenvalue weighted by atomic mass is 10.4. The predicted octanol–water partition coefficient (Wildman–Crippen LogP) is 2.84. The summed E-state index contributed by atoms with van der Waals surface area (Å²) in [6, 6.07) is 3.04. The first-order valence-corrected chi connectivity index (χ1v) is 4.91. The van der Waals surface area contributed by atoms with Crippen LogP contribution in [-0.2, 0) is 0 Å². The van der Waals surface area contributed by atoms with Crippen LogP contribution in [0.2, 0.25) is 0 Å². The highest BCUT2D eigenvalue weighted by atomic mass is 19.4. The lowest BCUT2D eigenvalue weighted by Gasteiger charge is -2.09. The molecular formula is C10H13F3N2O. The van der Waals surface area contributed by atoms with Gasteiger partial charge >= 0.3 is 6.18 Å². The van der Waals surface area contributed by atoms with Crippen LogP contribution in [0, 0.1) is 0 Å². The molecular weight excluding hydrogens is 221 g/mol. The molecule has 1 N–H and O–H groups in total. The molecule has 0 atom stereocenters. The summed E-state index contributed by atoms with van der Waals surface area (Å²) in [6.07, 6.45) is -1.92. The van der Waals surface area contributed by atoms with Gasteiger partial charge < -0.3 is 10.1 Å². The Morgan fingerprint density at radius 3 is 2.62 bits per heavy atom. The van der Waals surface area contributed by atoms with Gasteiger partial charge in [-0.05, 0) is 12.5 Å². The molecule has 0 saturated heterocycles. The largest absolute Gasteiger partial charge is 0.468 e. The molecule has 0 amide bonds. The number of ether oxygens (including phenoxy) is 1. The fourth-order valence-electron chi connectivity index (χ4n) is 0.995. The van der Waals surface area contributed by atoms with Crippen LogP contribution in [0.3, 0.4) is 0 Å². The van der Waals surface area contributed by atoms with E-state index in [4.69, 9.17) is 0 Å². The molecule has 90 valence electrons. The van der Waals surface area contributed by atoms with Crippen molar-refractivity contribution in [1.82, 2.24) is 4.98 Å².